The molecule has 1 fully saturated rings. The number of thioether (sulfide) groups is 1. The second-order valence-electron chi connectivity index (χ2n) is 8.19. The summed E-state index contributed by atoms with van der Waals surface area (Å²) >= 11 is 4.14. The minimum atomic E-state index is -4.10. The molecule has 1 saturated heterocycles. The van der Waals surface area contributed by atoms with E-state index in [0.29, 0.717) is 15.8 Å². The highest BCUT2D eigenvalue weighted by Gasteiger charge is 2.35. The number of benzene rings is 4. The zero-order valence-corrected chi connectivity index (χ0v) is 23.0. The van der Waals surface area contributed by atoms with E-state index in [9.17, 15) is 18.0 Å². The van der Waals surface area contributed by atoms with E-state index in [-0.39, 0.29) is 28.7 Å². The number of nitrogens with zero attached hydrogens (tertiary/aromatic N) is 1. The summed E-state index contributed by atoms with van der Waals surface area (Å²) in [5.41, 5.74) is 0.330. The van der Waals surface area contributed by atoms with Crippen LogP contribution in [0.2, 0.25) is 0 Å². The van der Waals surface area contributed by atoms with E-state index in [2.05, 4.69) is 15.9 Å². The topological polar surface area (TPSA) is 90.0 Å². The summed E-state index contributed by atoms with van der Waals surface area (Å²) in [5, 5.41) is 1.54. The van der Waals surface area contributed by atoms with Crippen LogP contribution in [0.25, 0.3) is 16.8 Å². The van der Waals surface area contributed by atoms with E-state index < -0.39 is 21.3 Å². The summed E-state index contributed by atoms with van der Waals surface area (Å²) in [7, 11) is -4.10. The summed E-state index contributed by atoms with van der Waals surface area (Å²) in [6.45, 7) is 0.190. The summed E-state index contributed by atoms with van der Waals surface area (Å²) in [5.74, 6) is 0.211. The first kappa shape index (κ1) is 26.0. The molecule has 0 saturated carbocycles. The predicted octanol–water partition coefficient (Wildman–Crippen LogP) is 6.49. The van der Waals surface area contributed by atoms with Crippen LogP contribution in [0, 0.1) is 0 Å². The molecule has 0 aliphatic carbocycles. The van der Waals surface area contributed by atoms with Crippen molar-refractivity contribution in [2.75, 3.05) is 13.2 Å². The molecule has 7 nitrogen and oxygen atoms in total. The van der Waals surface area contributed by atoms with Crippen molar-refractivity contribution in [3.05, 3.63) is 106 Å². The van der Waals surface area contributed by atoms with Crippen LogP contribution in [-0.4, -0.2) is 37.6 Å². The van der Waals surface area contributed by atoms with E-state index in [1.165, 1.54) is 24.3 Å². The maximum atomic E-state index is 13.1. The summed E-state index contributed by atoms with van der Waals surface area (Å²) in [4.78, 5) is 27.0. The Hall–Kier alpha value is -3.60. The fraction of sp³-hybridized carbons (Fsp3) is 0.0714. The third-order valence-corrected chi connectivity index (χ3v) is 8.33. The van der Waals surface area contributed by atoms with Gasteiger partial charge in [-0.2, -0.15) is 8.42 Å². The van der Waals surface area contributed by atoms with Crippen molar-refractivity contribution in [3.63, 3.8) is 0 Å². The molecule has 4 aromatic carbocycles. The summed E-state index contributed by atoms with van der Waals surface area (Å²) < 4.78 is 37.5. The van der Waals surface area contributed by atoms with Crippen LogP contribution in [0.3, 0.4) is 0 Å². The molecule has 0 radical (unpaired) electrons. The van der Waals surface area contributed by atoms with Gasteiger partial charge in [-0.3, -0.25) is 14.5 Å². The maximum absolute atomic E-state index is 13.1. The first-order valence-corrected chi connectivity index (χ1v) is 14.5. The van der Waals surface area contributed by atoms with Crippen LogP contribution < -0.4 is 8.92 Å². The molecule has 2 amide bonds. The van der Waals surface area contributed by atoms with Crippen LogP contribution in [0.15, 0.2) is 105 Å². The number of rotatable bonds is 8. The smallest absolute Gasteiger partial charge is 0.339 e. The van der Waals surface area contributed by atoms with Crippen molar-refractivity contribution in [1.82, 2.24) is 4.90 Å². The van der Waals surface area contributed by atoms with Gasteiger partial charge in [-0.25, -0.2) is 0 Å². The third kappa shape index (κ3) is 5.62. The largest absolute Gasteiger partial charge is 0.491 e. The minimum Gasteiger partial charge on any atom is -0.491 e. The number of carbonyl (C=O) groups is 2. The number of fused-ring (bicyclic) bond motifs is 1. The Morgan fingerprint density at radius 3 is 2.42 bits per heavy atom. The van der Waals surface area contributed by atoms with Crippen LogP contribution in [0.1, 0.15) is 5.56 Å². The molecule has 1 aliphatic rings. The van der Waals surface area contributed by atoms with E-state index in [1.807, 2.05) is 42.5 Å². The van der Waals surface area contributed by atoms with Crippen LogP contribution in [0.4, 0.5) is 4.79 Å². The third-order valence-electron chi connectivity index (χ3n) is 5.69. The molecule has 0 bridgehead atoms. The SMILES string of the molecule is O=C1S/C(=C\c2cc(Br)ccc2OS(=O)(=O)c2ccccc2)C(=O)N1CCOc1cccc2ccccc12. The van der Waals surface area contributed by atoms with Gasteiger partial charge in [0.15, 0.2) is 0 Å². The molecule has 10 heteroatoms. The number of ether oxygens (including phenoxy) is 1. The molecular weight excluding hydrogens is 590 g/mol. The van der Waals surface area contributed by atoms with Crippen molar-refractivity contribution in [2.24, 2.45) is 0 Å². The lowest BCUT2D eigenvalue weighted by Crippen LogP contribution is -2.32. The number of carbonyl (C=O) groups excluding carboxylic acids is 2. The molecule has 5 rings (SSSR count). The highest BCUT2D eigenvalue weighted by Crippen LogP contribution is 2.35. The van der Waals surface area contributed by atoms with Gasteiger partial charge in [0, 0.05) is 15.4 Å². The predicted molar refractivity (Wildman–Crippen MR) is 151 cm³/mol. The molecule has 0 unspecified atom stereocenters. The molecule has 0 atom stereocenters. The molecule has 192 valence electrons. The average Bonchev–Trinajstić information content (AvgIpc) is 3.18. The molecule has 0 spiro atoms. The maximum Gasteiger partial charge on any atom is 0.339 e. The Bertz CT molecular complexity index is 1670. The molecular formula is C28H20BrNO6S2. The van der Waals surface area contributed by atoms with E-state index in [0.717, 1.165) is 27.4 Å². The van der Waals surface area contributed by atoms with Crippen LogP contribution in [0.5, 0.6) is 11.5 Å². The fourth-order valence-electron chi connectivity index (χ4n) is 3.86. The molecule has 0 N–H and O–H groups in total. The van der Waals surface area contributed by atoms with Crippen LogP contribution in [-0.2, 0) is 14.9 Å². The van der Waals surface area contributed by atoms with Gasteiger partial charge in [-0.1, -0.05) is 70.5 Å². The van der Waals surface area contributed by atoms with Crippen molar-refractivity contribution in [2.45, 2.75) is 4.90 Å². The lowest BCUT2D eigenvalue weighted by Gasteiger charge is -2.14. The van der Waals surface area contributed by atoms with Gasteiger partial charge in [0.1, 0.15) is 23.0 Å². The molecule has 38 heavy (non-hydrogen) atoms. The Labute approximate surface area is 232 Å². The first-order valence-electron chi connectivity index (χ1n) is 11.5. The van der Waals surface area contributed by atoms with Gasteiger partial charge in [0.2, 0.25) is 0 Å². The lowest BCUT2D eigenvalue weighted by atomic mass is 10.1. The van der Waals surface area contributed by atoms with Gasteiger partial charge in [-0.15, -0.1) is 0 Å². The summed E-state index contributed by atoms with van der Waals surface area (Å²) in [6, 6.07) is 26.0. The molecule has 0 aromatic heterocycles. The molecule has 4 aromatic rings. The Kier molecular flexibility index (Phi) is 7.55. The summed E-state index contributed by atoms with van der Waals surface area (Å²) in [6.07, 6.45) is 1.46. The minimum absolute atomic E-state index is 0.000358. The Morgan fingerprint density at radius 2 is 1.61 bits per heavy atom. The van der Waals surface area contributed by atoms with E-state index in [1.54, 1.807) is 30.3 Å². The average molecular weight is 611 g/mol. The zero-order valence-electron chi connectivity index (χ0n) is 19.7. The Morgan fingerprint density at radius 1 is 0.868 bits per heavy atom. The van der Waals surface area contributed by atoms with Crippen LogP contribution >= 0.6 is 27.7 Å². The molecule has 1 heterocycles. The van der Waals surface area contributed by atoms with Crippen molar-refractivity contribution < 1.29 is 26.9 Å². The highest BCUT2D eigenvalue weighted by molar-refractivity contribution is 9.10. The number of amides is 2. The van der Waals surface area contributed by atoms with Crippen molar-refractivity contribution >= 4 is 65.8 Å². The standard InChI is InChI=1S/C28H20BrNO6S2/c29-21-13-14-24(36-38(33,34)22-9-2-1-3-10-22)20(17-21)18-26-27(31)30(28(32)37-26)15-16-35-25-12-6-8-19-7-4-5-11-23(19)25/h1-14,17-18H,15-16H2/b26-18-. The number of hydrogen-bond donors (Lipinski definition) is 0. The van der Waals surface area contributed by atoms with Crippen molar-refractivity contribution in [1.29, 1.82) is 0 Å². The highest BCUT2D eigenvalue weighted by atomic mass is 79.9. The van der Waals surface area contributed by atoms with Gasteiger partial charge < -0.3 is 8.92 Å². The Balaban J connectivity index is 1.32. The molecule has 1 aliphatic heterocycles. The normalized spacial score (nSPS) is 14.9. The number of hydrogen-bond acceptors (Lipinski definition) is 7. The van der Waals surface area contributed by atoms with Gasteiger partial charge in [0.25, 0.3) is 11.1 Å². The second-order valence-corrected chi connectivity index (χ2v) is 11.6. The number of halogens is 1. The monoisotopic (exact) mass is 609 g/mol. The number of imide groups is 1. The van der Waals surface area contributed by atoms with E-state index in [4.69, 9.17) is 8.92 Å². The first-order chi connectivity index (χ1) is 18.3. The second kappa shape index (κ2) is 11.0. The van der Waals surface area contributed by atoms with Gasteiger partial charge >= 0.3 is 10.1 Å². The van der Waals surface area contributed by atoms with Gasteiger partial charge in [0.05, 0.1) is 11.4 Å². The quantitative estimate of drug-likeness (QED) is 0.167. The van der Waals surface area contributed by atoms with Crippen molar-refractivity contribution in [3.8, 4) is 11.5 Å². The van der Waals surface area contributed by atoms with Gasteiger partial charge in [-0.05, 0) is 59.6 Å². The van der Waals surface area contributed by atoms with E-state index >= 15 is 0 Å². The lowest BCUT2D eigenvalue weighted by molar-refractivity contribution is -0.123. The zero-order chi connectivity index (χ0) is 26.7. The fourth-order valence-corrected chi connectivity index (χ4v) is 6.07.